The summed E-state index contributed by atoms with van der Waals surface area (Å²) in [6.45, 7) is 12.3. The molecular weight excluding hydrogens is 386 g/mol. The molecule has 0 spiro atoms. The monoisotopic (exact) mass is 419 g/mol. The van der Waals surface area contributed by atoms with E-state index in [1.807, 2.05) is 17.8 Å². The molecule has 160 valence electrons. The number of nitrogens with zero attached hydrogens (tertiary/aromatic N) is 2. The Hall–Kier alpha value is -1.60. The Morgan fingerprint density at radius 3 is 2.76 bits per heavy atom. The Labute approximate surface area is 178 Å². The third-order valence-corrected chi connectivity index (χ3v) is 7.32. The molecule has 0 amide bonds. The van der Waals surface area contributed by atoms with Crippen molar-refractivity contribution in [2.45, 2.75) is 43.8 Å². The zero-order valence-corrected chi connectivity index (χ0v) is 18.6. The number of ether oxygens (including phenoxy) is 3. The van der Waals surface area contributed by atoms with Crippen LogP contribution >= 0.6 is 11.8 Å². The molecule has 0 unspecified atom stereocenters. The van der Waals surface area contributed by atoms with Crippen molar-refractivity contribution in [2.75, 3.05) is 51.9 Å². The molecule has 3 aliphatic rings. The highest BCUT2D eigenvalue weighted by Gasteiger charge is 2.36. The van der Waals surface area contributed by atoms with Crippen molar-refractivity contribution in [1.82, 2.24) is 10.2 Å². The molecule has 0 radical (unpaired) electrons. The fourth-order valence-electron chi connectivity index (χ4n) is 4.38. The summed E-state index contributed by atoms with van der Waals surface area (Å²) >= 11 is 2.05. The highest BCUT2D eigenvalue weighted by atomic mass is 32.2. The van der Waals surface area contributed by atoms with Crippen molar-refractivity contribution in [3.8, 4) is 11.5 Å². The predicted molar refractivity (Wildman–Crippen MR) is 118 cm³/mol. The number of hydrogen-bond acceptors (Lipinski definition) is 5. The van der Waals surface area contributed by atoms with Crippen LogP contribution in [0.1, 0.15) is 39.2 Å². The minimum atomic E-state index is -0.0278. The standard InChI is InChI=1S/C22H33N3O3S/c1-4-23-20(25-9-12-29-21(2,3)15-25)24-14-22(7-10-26-11-8-22)17-5-6-18-19(13-17)28-16-27-18/h5-6,13H,4,7-12,14-16H2,1-3H3,(H,23,24). The van der Waals surface area contributed by atoms with Crippen LogP contribution in [0.15, 0.2) is 23.2 Å². The quantitative estimate of drug-likeness (QED) is 0.597. The van der Waals surface area contributed by atoms with E-state index in [4.69, 9.17) is 19.2 Å². The van der Waals surface area contributed by atoms with Gasteiger partial charge in [-0.05, 0) is 51.3 Å². The molecule has 7 heteroatoms. The van der Waals surface area contributed by atoms with Crippen molar-refractivity contribution in [1.29, 1.82) is 0 Å². The Morgan fingerprint density at radius 1 is 1.21 bits per heavy atom. The number of rotatable bonds is 4. The van der Waals surface area contributed by atoms with E-state index >= 15 is 0 Å². The first-order valence-electron chi connectivity index (χ1n) is 10.7. The molecule has 2 fully saturated rings. The largest absolute Gasteiger partial charge is 0.454 e. The Balaban J connectivity index is 1.59. The van der Waals surface area contributed by atoms with Crippen molar-refractivity contribution in [3.63, 3.8) is 0 Å². The van der Waals surface area contributed by atoms with Gasteiger partial charge in [-0.3, -0.25) is 4.99 Å². The minimum absolute atomic E-state index is 0.0278. The average Bonchev–Trinajstić information content (AvgIpc) is 3.19. The van der Waals surface area contributed by atoms with Crippen LogP contribution in [0.2, 0.25) is 0 Å². The van der Waals surface area contributed by atoms with E-state index in [-0.39, 0.29) is 10.2 Å². The first-order valence-corrected chi connectivity index (χ1v) is 11.7. The lowest BCUT2D eigenvalue weighted by atomic mass is 9.74. The maximum Gasteiger partial charge on any atom is 0.231 e. The van der Waals surface area contributed by atoms with Gasteiger partial charge in [-0.25, -0.2) is 0 Å². The van der Waals surface area contributed by atoms with E-state index in [1.165, 1.54) is 5.56 Å². The predicted octanol–water partition coefficient (Wildman–Crippen LogP) is 3.26. The van der Waals surface area contributed by atoms with Crippen molar-refractivity contribution in [3.05, 3.63) is 23.8 Å². The molecule has 1 N–H and O–H groups in total. The summed E-state index contributed by atoms with van der Waals surface area (Å²) < 4.78 is 17.1. The van der Waals surface area contributed by atoms with Gasteiger partial charge in [-0.2, -0.15) is 11.8 Å². The summed E-state index contributed by atoms with van der Waals surface area (Å²) in [6, 6.07) is 6.37. The molecule has 1 aromatic carbocycles. The zero-order chi connectivity index (χ0) is 20.3. The minimum Gasteiger partial charge on any atom is -0.454 e. The van der Waals surface area contributed by atoms with E-state index in [9.17, 15) is 0 Å². The van der Waals surface area contributed by atoms with Crippen LogP contribution in [0.3, 0.4) is 0 Å². The van der Waals surface area contributed by atoms with Gasteiger partial charge >= 0.3 is 0 Å². The average molecular weight is 420 g/mol. The van der Waals surface area contributed by atoms with Crippen LogP contribution in [-0.2, 0) is 10.2 Å². The van der Waals surface area contributed by atoms with Gasteiger partial charge in [0, 0.05) is 48.8 Å². The number of aliphatic imine (C=N–C) groups is 1. The molecule has 0 aromatic heterocycles. The third-order valence-electron chi connectivity index (χ3n) is 6.03. The van der Waals surface area contributed by atoms with Gasteiger partial charge in [0.05, 0.1) is 6.54 Å². The van der Waals surface area contributed by atoms with Crippen molar-refractivity contribution >= 4 is 17.7 Å². The molecule has 3 aliphatic heterocycles. The molecule has 0 atom stereocenters. The Bertz CT molecular complexity index is 747. The van der Waals surface area contributed by atoms with E-state index in [0.29, 0.717) is 6.79 Å². The summed E-state index contributed by atoms with van der Waals surface area (Å²) in [6.07, 6.45) is 1.94. The van der Waals surface area contributed by atoms with Gasteiger partial charge < -0.3 is 24.4 Å². The fraction of sp³-hybridized carbons (Fsp3) is 0.682. The summed E-state index contributed by atoms with van der Waals surface area (Å²) in [5.74, 6) is 3.85. The van der Waals surface area contributed by atoms with E-state index in [2.05, 4.69) is 43.1 Å². The van der Waals surface area contributed by atoms with Crippen molar-refractivity contribution < 1.29 is 14.2 Å². The van der Waals surface area contributed by atoms with E-state index < -0.39 is 0 Å². The van der Waals surface area contributed by atoms with Crippen LogP contribution < -0.4 is 14.8 Å². The topological polar surface area (TPSA) is 55.3 Å². The number of fused-ring (bicyclic) bond motifs is 1. The lowest BCUT2D eigenvalue weighted by molar-refractivity contribution is 0.0529. The third kappa shape index (κ3) is 4.61. The molecule has 0 saturated carbocycles. The fourth-order valence-corrected chi connectivity index (χ4v) is 5.49. The number of nitrogens with one attached hydrogen (secondary N) is 1. The maximum absolute atomic E-state index is 5.70. The first-order chi connectivity index (χ1) is 14.0. The second-order valence-electron chi connectivity index (χ2n) is 8.66. The van der Waals surface area contributed by atoms with Crippen LogP contribution in [0, 0.1) is 0 Å². The summed E-state index contributed by atoms with van der Waals surface area (Å²) in [4.78, 5) is 7.59. The molecule has 0 bridgehead atoms. The Morgan fingerprint density at radius 2 is 2.00 bits per heavy atom. The Kier molecular flexibility index (Phi) is 6.16. The summed E-state index contributed by atoms with van der Waals surface area (Å²) in [7, 11) is 0. The smallest absolute Gasteiger partial charge is 0.231 e. The molecule has 4 rings (SSSR count). The number of guanidine groups is 1. The van der Waals surface area contributed by atoms with Gasteiger partial charge in [-0.15, -0.1) is 0 Å². The first kappa shape index (κ1) is 20.7. The normalized spacial score (nSPS) is 23.1. The van der Waals surface area contributed by atoms with Crippen LogP contribution in [0.5, 0.6) is 11.5 Å². The molecule has 2 saturated heterocycles. The van der Waals surface area contributed by atoms with Gasteiger partial charge in [0.1, 0.15) is 0 Å². The lowest BCUT2D eigenvalue weighted by Crippen LogP contribution is -2.51. The summed E-state index contributed by atoms with van der Waals surface area (Å²) in [5.41, 5.74) is 1.25. The van der Waals surface area contributed by atoms with Crippen molar-refractivity contribution in [2.24, 2.45) is 4.99 Å². The van der Waals surface area contributed by atoms with Gasteiger partial charge in [0.25, 0.3) is 0 Å². The van der Waals surface area contributed by atoms with Crippen LogP contribution in [0.25, 0.3) is 0 Å². The highest BCUT2D eigenvalue weighted by molar-refractivity contribution is 8.00. The number of hydrogen-bond donors (Lipinski definition) is 1. The van der Waals surface area contributed by atoms with E-state index in [1.54, 1.807) is 0 Å². The summed E-state index contributed by atoms with van der Waals surface area (Å²) in [5, 5.41) is 3.53. The lowest BCUT2D eigenvalue weighted by Gasteiger charge is -2.40. The van der Waals surface area contributed by atoms with Crippen LogP contribution in [-0.4, -0.2) is 67.5 Å². The second-order valence-corrected chi connectivity index (χ2v) is 10.5. The maximum atomic E-state index is 5.70. The number of thioether (sulfide) groups is 1. The molecule has 3 heterocycles. The highest BCUT2D eigenvalue weighted by Crippen LogP contribution is 2.41. The molecular formula is C22H33N3O3S. The van der Waals surface area contributed by atoms with Gasteiger partial charge in [-0.1, -0.05) is 6.07 Å². The second kappa shape index (κ2) is 8.64. The van der Waals surface area contributed by atoms with E-state index in [0.717, 1.165) is 75.4 Å². The SMILES string of the molecule is CCNC(=NCC1(c2ccc3c(c2)OCO3)CCOCC1)N1CCSC(C)(C)C1. The van der Waals surface area contributed by atoms with Crippen LogP contribution in [0.4, 0.5) is 0 Å². The molecule has 1 aromatic rings. The molecule has 29 heavy (non-hydrogen) atoms. The van der Waals surface area contributed by atoms with Gasteiger partial charge in [0.2, 0.25) is 6.79 Å². The zero-order valence-electron chi connectivity index (χ0n) is 17.8. The van der Waals surface area contributed by atoms with Gasteiger partial charge in [0.15, 0.2) is 17.5 Å². The molecule has 0 aliphatic carbocycles. The molecule has 6 nitrogen and oxygen atoms in total. The number of benzene rings is 1.